The van der Waals surface area contributed by atoms with Crippen molar-refractivity contribution in [3.63, 3.8) is 0 Å². The molecular formula is C24H53ClN2O2. The van der Waals surface area contributed by atoms with Gasteiger partial charge in [-0.05, 0) is 20.3 Å². The fourth-order valence-electron chi connectivity index (χ4n) is 2.94. The number of hydrogen-bond donors (Lipinski definition) is 2. The average Bonchev–Trinajstić information content (AvgIpc) is 2.71. The Balaban J connectivity index is -0.000000721. The molecule has 0 rings (SSSR count). The Morgan fingerprint density at radius 1 is 0.655 bits per heavy atom. The summed E-state index contributed by atoms with van der Waals surface area (Å²) in [5.74, 6) is -0.260. The molecule has 0 spiro atoms. The molecule has 0 aliphatic carbocycles. The van der Waals surface area contributed by atoms with Crippen LogP contribution in [0.3, 0.4) is 0 Å². The third kappa shape index (κ3) is 30.0. The second-order valence-electron chi connectivity index (χ2n) is 8.80. The molecule has 0 aromatic carbocycles. The molecule has 0 bridgehead atoms. The van der Waals surface area contributed by atoms with Gasteiger partial charge in [0.2, 0.25) is 5.91 Å². The summed E-state index contributed by atoms with van der Waals surface area (Å²) in [5, 5.41) is 8.35. The van der Waals surface area contributed by atoms with Crippen LogP contribution in [0.5, 0.6) is 0 Å². The number of nitrogens with one attached hydrogen (secondary N) is 1. The Bertz CT molecular complexity index is 320. The summed E-state index contributed by atoms with van der Waals surface area (Å²) in [4.78, 5) is 10.8. The van der Waals surface area contributed by atoms with Crippen LogP contribution in [-0.2, 0) is 4.79 Å². The van der Waals surface area contributed by atoms with Gasteiger partial charge in [0, 0.05) is 6.42 Å². The predicted molar refractivity (Wildman–Crippen MR) is 123 cm³/mol. The molecule has 0 unspecified atom stereocenters. The fraction of sp³-hybridized carbons (Fsp3) is 0.958. The van der Waals surface area contributed by atoms with Gasteiger partial charge in [-0.3, -0.25) is 10.0 Å². The van der Waals surface area contributed by atoms with Crippen molar-refractivity contribution in [2.75, 3.05) is 27.2 Å². The third-order valence-electron chi connectivity index (χ3n) is 5.84. The molecule has 5 heteroatoms. The van der Waals surface area contributed by atoms with Gasteiger partial charge in [0.1, 0.15) is 0 Å². The zero-order valence-electron chi connectivity index (χ0n) is 20.4. The zero-order valence-corrected chi connectivity index (χ0v) is 21.2. The highest BCUT2D eigenvalue weighted by Crippen LogP contribution is 2.13. The number of carbonyl (C=O) groups is 1. The summed E-state index contributed by atoms with van der Waals surface area (Å²) in [6.07, 6.45) is 20.3. The number of quaternary nitrogens is 1. The van der Waals surface area contributed by atoms with Gasteiger partial charge in [-0.25, -0.2) is 5.48 Å². The Morgan fingerprint density at radius 3 is 1.21 bits per heavy atom. The first-order valence-corrected chi connectivity index (χ1v) is 12.2. The summed E-state index contributed by atoms with van der Waals surface area (Å²) >= 11 is 0. The van der Waals surface area contributed by atoms with Crippen LogP contribution in [0.2, 0.25) is 0 Å². The normalized spacial score (nSPS) is 10.7. The summed E-state index contributed by atoms with van der Waals surface area (Å²) in [6.45, 7) is 9.16. The minimum atomic E-state index is -0.260. The maximum absolute atomic E-state index is 10.8. The molecule has 0 aliphatic heterocycles. The van der Waals surface area contributed by atoms with Gasteiger partial charge >= 0.3 is 0 Å². The van der Waals surface area contributed by atoms with Crippen LogP contribution in [0.15, 0.2) is 0 Å². The van der Waals surface area contributed by atoms with Crippen molar-refractivity contribution in [3.8, 4) is 0 Å². The van der Waals surface area contributed by atoms with Crippen molar-refractivity contribution in [2.24, 2.45) is 0 Å². The molecule has 2 N–H and O–H groups in total. The van der Waals surface area contributed by atoms with Crippen LogP contribution in [0.1, 0.15) is 124 Å². The van der Waals surface area contributed by atoms with Gasteiger partial charge in [-0.1, -0.05) is 96.8 Å². The van der Waals surface area contributed by atoms with E-state index in [2.05, 4.69) is 34.9 Å². The number of unbranched alkanes of at least 4 members (excludes halogenated alkanes) is 14. The lowest BCUT2D eigenvalue weighted by Gasteiger charge is -2.25. The Morgan fingerprint density at radius 2 is 0.966 bits per heavy atom. The molecule has 1 amide bonds. The van der Waals surface area contributed by atoms with Crippen molar-refractivity contribution in [2.45, 2.75) is 124 Å². The van der Waals surface area contributed by atoms with Crippen molar-refractivity contribution >= 4 is 5.91 Å². The highest BCUT2D eigenvalue weighted by atomic mass is 35.5. The number of nitrogens with zero attached hydrogens (tertiary/aromatic N) is 1. The second kappa shape index (κ2) is 25.7. The quantitative estimate of drug-likeness (QED) is 0.148. The highest BCUT2D eigenvalue weighted by molar-refractivity contribution is 5.74. The van der Waals surface area contributed by atoms with Gasteiger partial charge in [-0.15, -0.1) is 0 Å². The van der Waals surface area contributed by atoms with Gasteiger partial charge in [0.25, 0.3) is 0 Å². The Labute approximate surface area is 189 Å². The first kappa shape index (κ1) is 33.3. The third-order valence-corrected chi connectivity index (χ3v) is 5.84. The van der Waals surface area contributed by atoms with E-state index in [0.717, 1.165) is 17.3 Å². The fourth-order valence-corrected chi connectivity index (χ4v) is 2.94. The van der Waals surface area contributed by atoms with Crippen molar-refractivity contribution in [3.05, 3.63) is 0 Å². The molecule has 0 aromatic rings. The largest absolute Gasteiger partial charge is 1.00 e. The molecule has 0 radical (unpaired) electrons. The van der Waals surface area contributed by atoms with E-state index in [4.69, 9.17) is 5.21 Å². The molecule has 0 aromatic heterocycles. The molecule has 0 heterocycles. The van der Waals surface area contributed by atoms with E-state index >= 15 is 0 Å². The molecule has 0 saturated carbocycles. The first-order chi connectivity index (χ1) is 13.4. The van der Waals surface area contributed by atoms with Gasteiger partial charge in [-0.2, -0.15) is 0 Å². The number of halogens is 1. The van der Waals surface area contributed by atoms with Crippen LogP contribution in [0.4, 0.5) is 0 Å². The molecular weight excluding hydrogens is 384 g/mol. The smallest absolute Gasteiger partial charge is 0.243 e. The lowest BCUT2D eigenvalue weighted by molar-refractivity contribution is -0.886. The topological polar surface area (TPSA) is 49.3 Å². The van der Waals surface area contributed by atoms with E-state index < -0.39 is 0 Å². The van der Waals surface area contributed by atoms with Crippen LogP contribution >= 0.6 is 0 Å². The summed E-state index contributed by atoms with van der Waals surface area (Å²) in [7, 11) is 4.47. The highest BCUT2D eigenvalue weighted by Gasteiger charge is 2.04. The van der Waals surface area contributed by atoms with Crippen LogP contribution in [0.25, 0.3) is 0 Å². The first-order valence-electron chi connectivity index (χ1n) is 12.2. The molecule has 0 fully saturated rings. The number of amides is 1. The minimum absolute atomic E-state index is 0. The molecule has 0 aliphatic rings. The van der Waals surface area contributed by atoms with E-state index in [1.54, 1.807) is 5.48 Å². The number of carbonyl (C=O) groups excluding carboxylic acids is 1. The average molecular weight is 437 g/mol. The predicted octanol–water partition coefficient (Wildman–Crippen LogP) is 3.86. The van der Waals surface area contributed by atoms with E-state index in [1.165, 1.54) is 96.6 Å². The maximum atomic E-state index is 10.8. The van der Waals surface area contributed by atoms with Gasteiger partial charge in [0.05, 0.1) is 27.2 Å². The van der Waals surface area contributed by atoms with E-state index in [9.17, 15) is 4.79 Å². The van der Waals surface area contributed by atoms with Crippen molar-refractivity contribution in [1.82, 2.24) is 5.48 Å². The van der Waals surface area contributed by atoms with Crippen LogP contribution in [-0.4, -0.2) is 42.8 Å². The molecule has 4 nitrogen and oxygen atoms in total. The second-order valence-corrected chi connectivity index (χ2v) is 8.80. The lowest BCUT2D eigenvalue weighted by atomic mass is 10.0. The number of rotatable bonds is 18. The summed E-state index contributed by atoms with van der Waals surface area (Å²) in [5.41, 5.74) is 1.68. The molecule has 0 saturated heterocycles. The summed E-state index contributed by atoms with van der Waals surface area (Å²) in [6, 6.07) is 0. The Kier molecular flexibility index (Phi) is 29.5. The molecule has 0 atom stereocenters. The van der Waals surface area contributed by atoms with E-state index in [0.29, 0.717) is 6.42 Å². The number of hydrogen-bond acceptors (Lipinski definition) is 2. The monoisotopic (exact) mass is 436 g/mol. The molecule has 178 valence electrons. The zero-order chi connectivity index (χ0) is 21.5. The minimum Gasteiger partial charge on any atom is -1.00 e. The van der Waals surface area contributed by atoms with Crippen molar-refractivity contribution in [1.29, 1.82) is 0 Å². The van der Waals surface area contributed by atoms with Gasteiger partial charge < -0.3 is 16.9 Å². The van der Waals surface area contributed by atoms with E-state index in [-0.39, 0.29) is 18.3 Å². The Hall–Kier alpha value is -0.320. The van der Waals surface area contributed by atoms with Crippen LogP contribution in [0, 0.1) is 0 Å². The number of hydroxylamine groups is 1. The standard InChI is InChI=1S/C18H37NO2.C6H16N.ClH/c1-2-3-4-5-6-7-8-9-10-11-12-13-14-15-16-17-18(20)19-21;1-5-7(3,4)6-2;/h21H,2-17H2,1H3,(H,19,20);5-6H2,1-4H3;1H/q;+1;/p-1. The van der Waals surface area contributed by atoms with E-state index in [1.807, 2.05) is 0 Å². The van der Waals surface area contributed by atoms with Crippen molar-refractivity contribution < 1.29 is 26.9 Å². The van der Waals surface area contributed by atoms with Crippen LogP contribution < -0.4 is 17.9 Å². The van der Waals surface area contributed by atoms with Gasteiger partial charge in [0.15, 0.2) is 0 Å². The maximum Gasteiger partial charge on any atom is 0.243 e. The summed E-state index contributed by atoms with van der Waals surface area (Å²) < 4.78 is 1.14. The molecule has 29 heavy (non-hydrogen) atoms. The lowest BCUT2D eigenvalue weighted by Crippen LogP contribution is -3.00. The SMILES string of the molecule is CCCCCCCCCCCCCCCCCC(=O)NO.CC[N+](C)(C)CC.[Cl-].